The third-order valence-corrected chi connectivity index (χ3v) is 3.22. The second-order valence-corrected chi connectivity index (χ2v) is 4.61. The summed E-state index contributed by atoms with van der Waals surface area (Å²) in [5.41, 5.74) is 2.18. The smallest absolute Gasteiger partial charge is 0.234 e. The molecule has 0 amide bonds. The summed E-state index contributed by atoms with van der Waals surface area (Å²) in [6, 6.07) is 2.06. The first-order chi connectivity index (χ1) is 8.76. The molecule has 5 nitrogen and oxygen atoms in total. The molecule has 1 aliphatic heterocycles. The highest BCUT2D eigenvalue weighted by Gasteiger charge is 2.19. The van der Waals surface area contributed by atoms with Crippen LogP contribution in [-0.2, 0) is 13.0 Å². The number of nitrogens with one attached hydrogen (secondary N) is 1. The van der Waals surface area contributed by atoms with Crippen molar-refractivity contribution in [3.05, 3.63) is 17.1 Å². The monoisotopic (exact) mass is 245 g/mol. The molecular formula is C13H19N5. The van der Waals surface area contributed by atoms with Crippen LogP contribution in [0, 0.1) is 11.3 Å². The normalized spacial score (nSPS) is 13.8. The predicted octanol–water partition coefficient (Wildman–Crippen LogP) is 1.23. The van der Waals surface area contributed by atoms with Gasteiger partial charge in [0.25, 0.3) is 0 Å². The number of rotatable bonds is 4. The average molecular weight is 245 g/mol. The van der Waals surface area contributed by atoms with E-state index in [1.807, 2.05) is 7.05 Å². The molecule has 2 heterocycles. The maximum atomic E-state index is 9.01. The first-order valence-electron chi connectivity index (χ1n) is 6.48. The molecule has 0 fully saturated rings. The zero-order valence-electron chi connectivity index (χ0n) is 11.0. The fourth-order valence-corrected chi connectivity index (χ4v) is 2.19. The first kappa shape index (κ1) is 12.8. The van der Waals surface area contributed by atoms with Gasteiger partial charge in [0.15, 0.2) is 0 Å². The summed E-state index contributed by atoms with van der Waals surface area (Å²) in [7, 11) is 2.04. The number of anilines is 1. The average Bonchev–Trinajstić information content (AvgIpc) is 2.43. The molecule has 1 aromatic heterocycles. The zero-order valence-corrected chi connectivity index (χ0v) is 11.0. The zero-order chi connectivity index (χ0) is 13.0. The molecule has 0 saturated heterocycles. The molecule has 2 rings (SSSR count). The Kier molecular flexibility index (Phi) is 4.11. The van der Waals surface area contributed by atoms with Gasteiger partial charge in [-0.1, -0.05) is 13.3 Å². The van der Waals surface area contributed by atoms with E-state index in [0.717, 1.165) is 56.0 Å². The molecule has 0 unspecified atom stereocenters. The Labute approximate surface area is 108 Å². The van der Waals surface area contributed by atoms with Gasteiger partial charge in [0.05, 0.1) is 5.69 Å². The summed E-state index contributed by atoms with van der Waals surface area (Å²) >= 11 is 0. The molecule has 0 spiro atoms. The first-order valence-corrected chi connectivity index (χ1v) is 6.48. The van der Waals surface area contributed by atoms with Crippen LogP contribution in [-0.4, -0.2) is 30.1 Å². The highest BCUT2D eigenvalue weighted by atomic mass is 15.2. The van der Waals surface area contributed by atoms with Gasteiger partial charge in [-0.3, -0.25) is 0 Å². The van der Waals surface area contributed by atoms with Gasteiger partial charge in [0.1, 0.15) is 11.9 Å². The van der Waals surface area contributed by atoms with Crippen LogP contribution in [0.4, 0.5) is 5.82 Å². The molecule has 0 atom stereocenters. The van der Waals surface area contributed by atoms with Crippen LogP contribution in [0.1, 0.15) is 36.8 Å². The summed E-state index contributed by atoms with van der Waals surface area (Å²) in [5, 5.41) is 12.4. The topological polar surface area (TPSA) is 64.8 Å². The van der Waals surface area contributed by atoms with Crippen LogP contribution >= 0.6 is 0 Å². The number of hydrogen-bond acceptors (Lipinski definition) is 5. The van der Waals surface area contributed by atoms with Gasteiger partial charge in [-0.05, 0) is 6.42 Å². The van der Waals surface area contributed by atoms with E-state index in [0.29, 0.717) is 0 Å². The third-order valence-electron chi connectivity index (χ3n) is 3.22. The Hall–Kier alpha value is -1.67. The molecule has 1 aromatic rings. The number of nitriles is 1. The number of unbranched alkanes of at least 4 members (excludes halogenated alkanes) is 1. The van der Waals surface area contributed by atoms with Crippen LogP contribution in [0.15, 0.2) is 0 Å². The minimum atomic E-state index is 0.286. The van der Waals surface area contributed by atoms with E-state index in [1.165, 1.54) is 0 Å². The van der Waals surface area contributed by atoms with Gasteiger partial charge in [-0.2, -0.15) is 5.26 Å². The molecule has 5 heteroatoms. The Morgan fingerprint density at radius 3 is 3.00 bits per heavy atom. The molecule has 18 heavy (non-hydrogen) atoms. The van der Waals surface area contributed by atoms with Crippen molar-refractivity contribution in [3.63, 3.8) is 0 Å². The molecular weight excluding hydrogens is 226 g/mol. The van der Waals surface area contributed by atoms with Gasteiger partial charge in [0.2, 0.25) is 5.82 Å². The lowest BCUT2D eigenvalue weighted by Crippen LogP contribution is -2.30. The molecule has 96 valence electrons. The van der Waals surface area contributed by atoms with E-state index >= 15 is 0 Å². The minimum Gasteiger partial charge on any atom is -0.359 e. The van der Waals surface area contributed by atoms with Crippen molar-refractivity contribution in [1.29, 1.82) is 5.26 Å². The van der Waals surface area contributed by atoms with Gasteiger partial charge >= 0.3 is 0 Å². The number of aromatic nitrogens is 2. The van der Waals surface area contributed by atoms with Crippen LogP contribution < -0.4 is 10.2 Å². The van der Waals surface area contributed by atoms with E-state index in [9.17, 15) is 0 Å². The van der Waals surface area contributed by atoms with Crippen LogP contribution in [0.5, 0.6) is 0 Å². The Morgan fingerprint density at radius 1 is 1.44 bits per heavy atom. The standard InChI is InChI=1S/C13H19N5/c1-3-4-7-18(2)13-10-9-15-6-5-11(10)16-12(8-14)17-13/h15H,3-7,9H2,1-2H3. The maximum Gasteiger partial charge on any atom is 0.234 e. The van der Waals surface area contributed by atoms with Gasteiger partial charge in [-0.25, -0.2) is 9.97 Å². The van der Waals surface area contributed by atoms with E-state index < -0.39 is 0 Å². The lowest BCUT2D eigenvalue weighted by molar-refractivity contribution is 0.620. The SMILES string of the molecule is CCCCN(C)c1nc(C#N)nc2c1CNCC2. The number of fused-ring (bicyclic) bond motifs is 1. The van der Waals surface area contributed by atoms with Crippen LogP contribution in [0.25, 0.3) is 0 Å². The fourth-order valence-electron chi connectivity index (χ4n) is 2.19. The van der Waals surface area contributed by atoms with Crippen LogP contribution in [0.2, 0.25) is 0 Å². The van der Waals surface area contributed by atoms with Crippen molar-refractivity contribution in [1.82, 2.24) is 15.3 Å². The van der Waals surface area contributed by atoms with Crippen molar-refractivity contribution in [2.75, 3.05) is 25.0 Å². The molecule has 0 bridgehead atoms. The summed E-state index contributed by atoms with van der Waals surface area (Å²) in [6.45, 7) is 4.86. The lowest BCUT2D eigenvalue weighted by Gasteiger charge is -2.25. The van der Waals surface area contributed by atoms with Gasteiger partial charge in [0, 0.05) is 38.7 Å². The molecule has 0 radical (unpaired) electrons. The Morgan fingerprint density at radius 2 is 2.28 bits per heavy atom. The highest BCUT2D eigenvalue weighted by molar-refractivity contribution is 5.50. The summed E-state index contributed by atoms with van der Waals surface area (Å²) in [4.78, 5) is 10.8. The summed E-state index contributed by atoms with van der Waals surface area (Å²) in [6.07, 6.45) is 3.16. The Balaban J connectivity index is 2.35. The van der Waals surface area contributed by atoms with E-state index in [1.54, 1.807) is 0 Å². The fraction of sp³-hybridized carbons (Fsp3) is 0.615. The highest BCUT2D eigenvalue weighted by Crippen LogP contribution is 2.22. The summed E-state index contributed by atoms with van der Waals surface area (Å²) < 4.78 is 0. The second-order valence-electron chi connectivity index (χ2n) is 4.61. The minimum absolute atomic E-state index is 0.286. The van der Waals surface area contributed by atoms with Crippen molar-refractivity contribution in [2.45, 2.75) is 32.7 Å². The molecule has 1 N–H and O–H groups in total. The molecule has 0 saturated carbocycles. The molecule has 0 aromatic carbocycles. The van der Waals surface area contributed by atoms with E-state index in [2.05, 4.69) is 33.2 Å². The molecule has 0 aliphatic carbocycles. The predicted molar refractivity (Wildman–Crippen MR) is 70.3 cm³/mol. The van der Waals surface area contributed by atoms with Crippen molar-refractivity contribution in [3.8, 4) is 6.07 Å². The van der Waals surface area contributed by atoms with Crippen LogP contribution in [0.3, 0.4) is 0 Å². The maximum absolute atomic E-state index is 9.01. The lowest BCUT2D eigenvalue weighted by atomic mass is 10.1. The van der Waals surface area contributed by atoms with E-state index in [-0.39, 0.29) is 5.82 Å². The number of hydrogen-bond donors (Lipinski definition) is 1. The third kappa shape index (κ3) is 2.59. The van der Waals surface area contributed by atoms with Crippen molar-refractivity contribution in [2.24, 2.45) is 0 Å². The van der Waals surface area contributed by atoms with Gasteiger partial charge in [-0.15, -0.1) is 0 Å². The quantitative estimate of drug-likeness (QED) is 0.864. The Bertz CT molecular complexity index is 463. The van der Waals surface area contributed by atoms with Gasteiger partial charge < -0.3 is 10.2 Å². The van der Waals surface area contributed by atoms with Crippen molar-refractivity contribution < 1.29 is 0 Å². The molecule has 1 aliphatic rings. The van der Waals surface area contributed by atoms with E-state index in [4.69, 9.17) is 5.26 Å². The summed E-state index contributed by atoms with van der Waals surface area (Å²) in [5.74, 6) is 1.20. The number of nitrogens with zero attached hydrogens (tertiary/aromatic N) is 4. The second kappa shape index (κ2) is 5.78. The van der Waals surface area contributed by atoms with Crippen molar-refractivity contribution >= 4 is 5.82 Å². The largest absolute Gasteiger partial charge is 0.359 e.